The Morgan fingerprint density at radius 2 is 1.35 bits per heavy atom. The molecule has 31 heavy (non-hydrogen) atoms. The fourth-order valence-corrected chi connectivity index (χ4v) is 3.08. The number of hydrogen-bond acceptors (Lipinski definition) is 6. The predicted molar refractivity (Wildman–Crippen MR) is 118 cm³/mol. The van der Waals surface area contributed by atoms with Crippen LogP contribution in [0, 0.1) is 0 Å². The highest BCUT2D eigenvalue weighted by Crippen LogP contribution is 2.40. The number of hydrogen-bond donors (Lipinski definition) is 1. The van der Waals surface area contributed by atoms with Crippen molar-refractivity contribution in [2.75, 3.05) is 51.3 Å². The lowest BCUT2D eigenvalue weighted by Crippen LogP contribution is -2.52. The second kappa shape index (κ2) is 11.0. The summed E-state index contributed by atoms with van der Waals surface area (Å²) in [5.74, 6) is 1.55. The molecule has 0 unspecified atom stereocenters. The molecule has 0 aliphatic carbocycles. The van der Waals surface area contributed by atoms with E-state index in [1.54, 1.807) is 21.9 Å². The molecule has 1 aliphatic rings. The van der Waals surface area contributed by atoms with Gasteiger partial charge < -0.3 is 34.1 Å². The summed E-state index contributed by atoms with van der Waals surface area (Å²) in [6, 6.07) is 3.20. The van der Waals surface area contributed by atoms with E-state index in [-0.39, 0.29) is 12.1 Å². The normalized spacial score (nSPS) is 14.1. The average Bonchev–Trinajstić information content (AvgIpc) is 2.69. The molecule has 0 radical (unpaired) electrons. The number of benzene rings is 1. The number of urea groups is 1. The molecule has 0 aromatic heterocycles. The SMILES string of the molecule is CCOc1cc(NC(=O)N2CCN(C(=O)OC(C)(C)C)CC2)cc(OCC)c1OCC. The zero-order valence-electron chi connectivity index (χ0n) is 19.4. The highest BCUT2D eigenvalue weighted by Gasteiger charge is 2.28. The number of ether oxygens (including phenoxy) is 4. The molecule has 1 saturated heterocycles. The maximum Gasteiger partial charge on any atom is 0.410 e. The van der Waals surface area contributed by atoms with Gasteiger partial charge in [-0.2, -0.15) is 0 Å². The van der Waals surface area contributed by atoms with E-state index in [0.717, 1.165) is 0 Å². The molecule has 9 nitrogen and oxygen atoms in total. The summed E-state index contributed by atoms with van der Waals surface area (Å²) < 4.78 is 22.5. The first-order chi connectivity index (χ1) is 14.7. The Kier molecular flexibility index (Phi) is 8.65. The number of amides is 3. The summed E-state index contributed by atoms with van der Waals surface area (Å²) in [6.45, 7) is 14.2. The van der Waals surface area contributed by atoms with Crippen LogP contribution in [-0.4, -0.2) is 73.5 Å². The van der Waals surface area contributed by atoms with Gasteiger partial charge in [-0.05, 0) is 41.5 Å². The monoisotopic (exact) mass is 437 g/mol. The minimum Gasteiger partial charge on any atom is -0.490 e. The van der Waals surface area contributed by atoms with Crippen LogP contribution in [-0.2, 0) is 4.74 Å². The van der Waals surface area contributed by atoms with Crippen LogP contribution in [0.15, 0.2) is 12.1 Å². The van der Waals surface area contributed by atoms with E-state index in [4.69, 9.17) is 18.9 Å². The number of rotatable bonds is 7. The van der Waals surface area contributed by atoms with Crippen LogP contribution < -0.4 is 19.5 Å². The fourth-order valence-electron chi connectivity index (χ4n) is 3.08. The highest BCUT2D eigenvalue weighted by molar-refractivity contribution is 5.90. The van der Waals surface area contributed by atoms with Crippen molar-refractivity contribution in [3.8, 4) is 17.2 Å². The quantitative estimate of drug-likeness (QED) is 0.694. The second-order valence-corrected chi connectivity index (χ2v) is 7.99. The van der Waals surface area contributed by atoms with Gasteiger partial charge in [-0.15, -0.1) is 0 Å². The van der Waals surface area contributed by atoms with Crippen molar-refractivity contribution in [1.29, 1.82) is 0 Å². The molecule has 9 heteroatoms. The number of carbonyl (C=O) groups is 2. The lowest BCUT2D eigenvalue weighted by atomic mass is 10.2. The van der Waals surface area contributed by atoms with E-state index in [2.05, 4.69) is 5.32 Å². The first-order valence-electron chi connectivity index (χ1n) is 10.8. The Balaban J connectivity index is 2.05. The van der Waals surface area contributed by atoms with Crippen molar-refractivity contribution in [3.63, 3.8) is 0 Å². The molecule has 1 aliphatic heterocycles. The van der Waals surface area contributed by atoms with Gasteiger partial charge in [-0.3, -0.25) is 0 Å². The lowest BCUT2D eigenvalue weighted by molar-refractivity contribution is 0.0174. The Morgan fingerprint density at radius 1 is 0.871 bits per heavy atom. The topological polar surface area (TPSA) is 89.6 Å². The number of piperazine rings is 1. The molecule has 0 saturated carbocycles. The minimum atomic E-state index is -0.546. The van der Waals surface area contributed by atoms with E-state index in [1.165, 1.54) is 0 Å². The van der Waals surface area contributed by atoms with Crippen LogP contribution in [0.5, 0.6) is 17.2 Å². The number of nitrogens with one attached hydrogen (secondary N) is 1. The van der Waals surface area contributed by atoms with Crippen LogP contribution in [0.4, 0.5) is 15.3 Å². The first kappa shape index (κ1) is 24.4. The molecule has 1 aromatic rings. The molecule has 0 bridgehead atoms. The Bertz CT molecular complexity index is 727. The van der Waals surface area contributed by atoms with Crippen LogP contribution in [0.1, 0.15) is 41.5 Å². The zero-order valence-corrected chi connectivity index (χ0v) is 19.4. The first-order valence-corrected chi connectivity index (χ1v) is 10.8. The van der Waals surface area contributed by atoms with E-state index in [1.807, 2.05) is 41.5 Å². The summed E-state index contributed by atoms with van der Waals surface area (Å²) in [5, 5.41) is 2.90. The van der Waals surface area contributed by atoms with Gasteiger partial charge in [0.1, 0.15) is 5.60 Å². The van der Waals surface area contributed by atoms with Crippen molar-refractivity contribution in [1.82, 2.24) is 9.80 Å². The largest absolute Gasteiger partial charge is 0.490 e. The predicted octanol–water partition coefficient (Wildman–Crippen LogP) is 3.97. The summed E-state index contributed by atoms with van der Waals surface area (Å²) in [6.07, 6.45) is -0.359. The summed E-state index contributed by atoms with van der Waals surface area (Å²) >= 11 is 0. The molecule has 0 spiro atoms. The molecule has 174 valence electrons. The van der Waals surface area contributed by atoms with E-state index in [0.29, 0.717) is 68.9 Å². The summed E-state index contributed by atoms with van der Waals surface area (Å²) in [5.41, 5.74) is 0.00500. The summed E-state index contributed by atoms with van der Waals surface area (Å²) in [7, 11) is 0. The van der Waals surface area contributed by atoms with Gasteiger partial charge in [-0.25, -0.2) is 9.59 Å². The minimum absolute atomic E-state index is 0.252. The van der Waals surface area contributed by atoms with Gasteiger partial charge in [0.25, 0.3) is 0 Å². The van der Waals surface area contributed by atoms with Gasteiger partial charge >= 0.3 is 12.1 Å². The lowest BCUT2D eigenvalue weighted by Gasteiger charge is -2.35. The number of nitrogens with zero attached hydrogens (tertiary/aromatic N) is 2. The van der Waals surface area contributed by atoms with Gasteiger partial charge in [0, 0.05) is 38.3 Å². The summed E-state index contributed by atoms with van der Waals surface area (Å²) in [4.78, 5) is 28.3. The van der Waals surface area contributed by atoms with Crippen LogP contribution >= 0.6 is 0 Å². The van der Waals surface area contributed by atoms with Gasteiger partial charge in [0.15, 0.2) is 11.5 Å². The Morgan fingerprint density at radius 3 is 1.81 bits per heavy atom. The molecule has 1 N–H and O–H groups in total. The van der Waals surface area contributed by atoms with Crippen molar-refractivity contribution < 1.29 is 28.5 Å². The number of carbonyl (C=O) groups excluding carboxylic acids is 2. The van der Waals surface area contributed by atoms with E-state index >= 15 is 0 Å². The van der Waals surface area contributed by atoms with Gasteiger partial charge in [-0.1, -0.05) is 0 Å². The molecule has 3 amide bonds. The van der Waals surface area contributed by atoms with Crippen molar-refractivity contribution in [2.24, 2.45) is 0 Å². The molecule has 1 aromatic carbocycles. The van der Waals surface area contributed by atoms with Crippen LogP contribution in [0.25, 0.3) is 0 Å². The van der Waals surface area contributed by atoms with E-state index < -0.39 is 5.60 Å². The van der Waals surface area contributed by atoms with Crippen LogP contribution in [0.3, 0.4) is 0 Å². The van der Waals surface area contributed by atoms with E-state index in [9.17, 15) is 9.59 Å². The third kappa shape index (κ3) is 7.11. The van der Waals surface area contributed by atoms with Crippen molar-refractivity contribution in [3.05, 3.63) is 12.1 Å². The van der Waals surface area contributed by atoms with Crippen molar-refractivity contribution in [2.45, 2.75) is 47.1 Å². The number of anilines is 1. The zero-order chi connectivity index (χ0) is 23.0. The highest BCUT2D eigenvalue weighted by atomic mass is 16.6. The van der Waals surface area contributed by atoms with Crippen molar-refractivity contribution >= 4 is 17.8 Å². The molecule has 0 atom stereocenters. The third-order valence-electron chi connectivity index (χ3n) is 4.38. The fraction of sp³-hybridized carbons (Fsp3) is 0.636. The maximum absolute atomic E-state index is 12.8. The Hall–Kier alpha value is -2.84. The maximum atomic E-state index is 12.8. The third-order valence-corrected chi connectivity index (χ3v) is 4.38. The Labute approximate surface area is 184 Å². The average molecular weight is 438 g/mol. The molecule has 1 heterocycles. The smallest absolute Gasteiger partial charge is 0.410 e. The standard InChI is InChI=1S/C22H35N3O6/c1-7-28-17-14-16(15-18(29-8-2)19(17)30-9-3)23-20(26)24-10-12-25(13-11-24)21(27)31-22(4,5)6/h14-15H,7-13H2,1-6H3,(H,23,26). The molecular weight excluding hydrogens is 402 g/mol. The van der Waals surface area contributed by atoms with Gasteiger partial charge in [0.05, 0.1) is 25.5 Å². The van der Waals surface area contributed by atoms with Gasteiger partial charge in [0.2, 0.25) is 5.75 Å². The molecule has 1 fully saturated rings. The molecule has 2 rings (SSSR count). The van der Waals surface area contributed by atoms with Crippen LogP contribution in [0.2, 0.25) is 0 Å². The molecular formula is C22H35N3O6. The second-order valence-electron chi connectivity index (χ2n) is 7.99.